The minimum absolute atomic E-state index is 0.939. The summed E-state index contributed by atoms with van der Waals surface area (Å²) >= 11 is 0. The fourth-order valence-corrected chi connectivity index (χ4v) is 19.5. The molecule has 2 nitrogen and oxygen atoms in total. The second kappa shape index (κ2) is 30.4. The molecule has 2 aromatic carbocycles. The third-order valence-corrected chi connectivity index (χ3v) is 23.5. The van der Waals surface area contributed by atoms with E-state index in [9.17, 15) is 0 Å². The summed E-state index contributed by atoms with van der Waals surface area (Å²) in [6.07, 6.45) is 41.6. The van der Waals surface area contributed by atoms with E-state index < -0.39 is 14.5 Å². The number of rotatable bonds is 24. The van der Waals surface area contributed by atoms with Gasteiger partial charge < -0.3 is 0 Å². The summed E-state index contributed by atoms with van der Waals surface area (Å²) in [5.74, 6) is 0. The molecule has 0 aliphatic carbocycles. The van der Waals surface area contributed by atoms with Crippen LogP contribution >= 0.6 is 14.5 Å². The summed E-state index contributed by atoms with van der Waals surface area (Å²) in [6.45, 7) is 8.39. The van der Waals surface area contributed by atoms with Crippen LogP contribution in [-0.2, 0) is 9.47 Å². The van der Waals surface area contributed by atoms with Gasteiger partial charge in [-0.2, -0.15) is 0 Å². The molecule has 0 spiro atoms. The van der Waals surface area contributed by atoms with E-state index >= 15 is 0 Å². The summed E-state index contributed by atoms with van der Waals surface area (Å²) in [5.41, 5.74) is 0. The Morgan fingerprint density at radius 1 is 0.365 bits per heavy atom. The summed E-state index contributed by atoms with van der Waals surface area (Å²) in [6, 6.07) is 23.5. The van der Waals surface area contributed by atoms with E-state index in [1.54, 1.807) is 10.6 Å². The molecular weight excluding hydrogens is 670 g/mol. The first-order chi connectivity index (χ1) is 25.7. The maximum absolute atomic E-state index is 6.52. The minimum atomic E-state index is -1.63. The van der Waals surface area contributed by atoms with Crippen molar-refractivity contribution < 1.29 is 9.47 Å². The Labute approximate surface area is 325 Å². The van der Waals surface area contributed by atoms with Gasteiger partial charge in [0.1, 0.15) is 0 Å². The van der Waals surface area contributed by atoms with Crippen molar-refractivity contribution in [1.82, 2.24) is 0 Å². The molecule has 0 N–H and O–H groups in total. The van der Waals surface area contributed by atoms with Crippen LogP contribution in [0.2, 0.25) is 0 Å². The van der Waals surface area contributed by atoms with E-state index in [1.165, 1.54) is 191 Å². The molecule has 3 rings (SSSR count). The van der Waals surface area contributed by atoms with Gasteiger partial charge in [0.25, 0.3) is 0 Å². The average Bonchev–Trinajstić information content (AvgIpc) is 3.18. The molecule has 0 aromatic heterocycles. The standard InChI is InChI=1S/C48H86O2P2/c1-3-5-7-9-11-13-15-17-19-27-41-51(47-33-23-21-24-34-47)43-29-37-49-39-31-45-52(48-35-25-22-26-36-48,46-32-40-50-38-30-44-51)42-28-20-18-16-14-12-10-8-6-4-2/h21-26,33-36,51-52H,3-20,27-32,37-46H2,1-2H3. The Morgan fingerprint density at radius 2 is 0.635 bits per heavy atom. The molecule has 0 radical (unpaired) electrons. The molecule has 52 heavy (non-hydrogen) atoms. The maximum atomic E-state index is 6.52. The van der Waals surface area contributed by atoms with Crippen molar-refractivity contribution in [2.24, 2.45) is 0 Å². The van der Waals surface area contributed by atoms with Gasteiger partial charge >= 0.3 is 327 Å². The van der Waals surface area contributed by atoms with Gasteiger partial charge in [0.05, 0.1) is 0 Å². The topological polar surface area (TPSA) is 18.5 Å². The van der Waals surface area contributed by atoms with E-state index in [4.69, 9.17) is 9.47 Å². The number of unbranched alkanes of at least 4 members (excludes halogenated alkanes) is 18. The van der Waals surface area contributed by atoms with Crippen molar-refractivity contribution in [2.75, 3.05) is 63.4 Å². The second-order valence-electron chi connectivity index (χ2n) is 16.8. The zero-order valence-corrected chi connectivity index (χ0v) is 36.6. The van der Waals surface area contributed by atoms with E-state index in [0.29, 0.717) is 0 Å². The van der Waals surface area contributed by atoms with E-state index in [0.717, 1.165) is 26.4 Å². The van der Waals surface area contributed by atoms with E-state index in [2.05, 4.69) is 74.5 Å². The SMILES string of the molecule is CCCCCCCCCCCC[PH]1(c2ccccc2)CCCOCCC[PH](CCCCCCCCCCCC)(c2ccccc2)CCCOCCC1. The number of hydrogen-bond acceptors (Lipinski definition) is 2. The predicted molar refractivity (Wildman–Crippen MR) is 242 cm³/mol. The first kappa shape index (κ1) is 45.6. The van der Waals surface area contributed by atoms with Gasteiger partial charge in [-0.05, 0) is 0 Å². The Morgan fingerprint density at radius 3 is 0.923 bits per heavy atom. The molecule has 0 amide bonds. The van der Waals surface area contributed by atoms with Crippen molar-refractivity contribution in [3.8, 4) is 0 Å². The van der Waals surface area contributed by atoms with Crippen LogP contribution < -0.4 is 10.6 Å². The van der Waals surface area contributed by atoms with Crippen LogP contribution in [0.15, 0.2) is 60.7 Å². The van der Waals surface area contributed by atoms with E-state index in [1.807, 2.05) is 0 Å². The molecule has 300 valence electrons. The number of ether oxygens (including phenoxy) is 2. The van der Waals surface area contributed by atoms with Crippen LogP contribution in [-0.4, -0.2) is 63.4 Å². The predicted octanol–water partition coefficient (Wildman–Crippen LogP) is 13.6. The summed E-state index contributed by atoms with van der Waals surface area (Å²) in [7, 11) is -3.26. The van der Waals surface area contributed by atoms with Crippen LogP contribution in [0.25, 0.3) is 0 Å². The molecule has 1 saturated heterocycles. The molecule has 1 aliphatic heterocycles. The van der Waals surface area contributed by atoms with Crippen molar-refractivity contribution >= 4 is 25.1 Å². The molecule has 0 saturated carbocycles. The van der Waals surface area contributed by atoms with Gasteiger partial charge in [-0.25, -0.2) is 0 Å². The molecular formula is C48H86O2P2. The summed E-state index contributed by atoms with van der Waals surface area (Å²) < 4.78 is 13.0. The number of benzene rings is 2. The van der Waals surface area contributed by atoms with Gasteiger partial charge in [-0.1, -0.05) is 0 Å². The third kappa shape index (κ3) is 19.2. The molecule has 1 fully saturated rings. The third-order valence-electron chi connectivity index (χ3n) is 12.6. The summed E-state index contributed by atoms with van der Waals surface area (Å²) in [4.78, 5) is 0. The van der Waals surface area contributed by atoms with Gasteiger partial charge in [0.2, 0.25) is 0 Å². The molecule has 0 atom stereocenters. The van der Waals surface area contributed by atoms with Crippen LogP contribution in [0, 0.1) is 0 Å². The Bertz CT molecular complexity index is 959. The van der Waals surface area contributed by atoms with E-state index in [-0.39, 0.29) is 0 Å². The molecule has 4 heteroatoms. The van der Waals surface area contributed by atoms with Crippen LogP contribution in [0.5, 0.6) is 0 Å². The fourth-order valence-electron chi connectivity index (χ4n) is 9.36. The second-order valence-corrected chi connectivity index (χ2v) is 26.1. The van der Waals surface area contributed by atoms with Crippen LogP contribution in [0.1, 0.15) is 168 Å². The Hall–Kier alpha value is -0.780. The van der Waals surface area contributed by atoms with Crippen molar-refractivity contribution in [1.29, 1.82) is 0 Å². The van der Waals surface area contributed by atoms with Crippen molar-refractivity contribution in [2.45, 2.75) is 168 Å². The molecule has 0 unspecified atom stereocenters. The quantitative estimate of drug-likeness (QED) is 0.0784. The first-order valence-corrected chi connectivity index (χ1v) is 28.3. The normalized spacial score (nSPS) is 18.8. The molecule has 2 aromatic rings. The van der Waals surface area contributed by atoms with Gasteiger partial charge in [0, 0.05) is 0 Å². The zero-order chi connectivity index (χ0) is 36.7. The zero-order valence-electron chi connectivity index (χ0n) is 34.6. The monoisotopic (exact) mass is 757 g/mol. The first-order valence-electron chi connectivity index (χ1n) is 23.0. The number of hydrogen-bond donors (Lipinski definition) is 0. The Balaban J connectivity index is 1.54. The van der Waals surface area contributed by atoms with Gasteiger partial charge in [-0.3, -0.25) is 0 Å². The Kier molecular flexibility index (Phi) is 26.7. The molecule has 1 heterocycles. The van der Waals surface area contributed by atoms with Gasteiger partial charge in [0.15, 0.2) is 0 Å². The fraction of sp³-hybridized carbons (Fsp3) is 0.750. The summed E-state index contributed by atoms with van der Waals surface area (Å²) in [5, 5.41) is 3.38. The van der Waals surface area contributed by atoms with Crippen LogP contribution in [0.3, 0.4) is 0 Å². The average molecular weight is 757 g/mol. The van der Waals surface area contributed by atoms with Crippen LogP contribution in [0.4, 0.5) is 0 Å². The van der Waals surface area contributed by atoms with Gasteiger partial charge in [-0.15, -0.1) is 0 Å². The molecule has 1 aliphatic rings. The molecule has 0 bridgehead atoms. The van der Waals surface area contributed by atoms with Crippen molar-refractivity contribution in [3.05, 3.63) is 60.7 Å². The van der Waals surface area contributed by atoms with Crippen molar-refractivity contribution in [3.63, 3.8) is 0 Å².